The van der Waals surface area contributed by atoms with Crippen LogP contribution in [0.1, 0.15) is 32.1 Å². The van der Waals surface area contributed by atoms with Gasteiger partial charge in [0.15, 0.2) is 0 Å². The molecule has 110 valence electrons. The van der Waals surface area contributed by atoms with Crippen molar-refractivity contribution in [2.45, 2.75) is 38.1 Å². The molecule has 5 nitrogen and oxygen atoms in total. The Morgan fingerprint density at radius 3 is 2.68 bits per heavy atom. The average molecular weight is 287 g/mol. The Labute approximate surface area is 120 Å². The highest BCUT2D eigenvalue weighted by molar-refractivity contribution is 7.80. The lowest BCUT2D eigenvalue weighted by Crippen LogP contribution is -2.45. The van der Waals surface area contributed by atoms with Crippen molar-refractivity contribution < 1.29 is 9.53 Å². The highest BCUT2D eigenvalue weighted by Crippen LogP contribution is 2.23. The Morgan fingerprint density at radius 2 is 2.11 bits per heavy atom. The fraction of sp³-hybridized carbons (Fsp3) is 0.846. The number of ether oxygens (including phenoxy) is 1. The second kappa shape index (κ2) is 9.23. The number of methoxy groups -OCH3 is 1. The molecule has 6 heteroatoms. The van der Waals surface area contributed by atoms with Crippen molar-refractivity contribution in [3.05, 3.63) is 0 Å². The smallest absolute Gasteiger partial charge is 0.234 e. The van der Waals surface area contributed by atoms with Crippen molar-refractivity contribution in [1.29, 1.82) is 0 Å². The van der Waals surface area contributed by atoms with Crippen LogP contribution >= 0.6 is 12.2 Å². The summed E-state index contributed by atoms with van der Waals surface area (Å²) in [4.78, 5) is 14.4. The van der Waals surface area contributed by atoms with Crippen molar-refractivity contribution in [2.24, 2.45) is 5.73 Å². The monoisotopic (exact) mass is 287 g/mol. The largest absolute Gasteiger partial charge is 0.392 e. The van der Waals surface area contributed by atoms with E-state index in [1.807, 2.05) is 0 Å². The molecular weight excluding hydrogens is 262 g/mol. The maximum Gasteiger partial charge on any atom is 0.234 e. The summed E-state index contributed by atoms with van der Waals surface area (Å²) >= 11 is 4.97. The molecule has 0 aromatic carbocycles. The van der Waals surface area contributed by atoms with Crippen LogP contribution in [0.3, 0.4) is 0 Å². The number of hydrogen-bond donors (Lipinski definition) is 2. The molecular formula is C13H25N3O2S. The Balaban J connectivity index is 2.33. The predicted octanol–water partition coefficient (Wildman–Crippen LogP) is 0.670. The zero-order valence-electron chi connectivity index (χ0n) is 11.7. The summed E-state index contributed by atoms with van der Waals surface area (Å²) < 4.78 is 4.94. The molecule has 0 atom stereocenters. The third-order valence-corrected chi connectivity index (χ3v) is 3.52. The van der Waals surface area contributed by atoms with E-state index in [0.717, 1.165) is 19.3 Å². The van der Waals surface area contributed by atoms with Crippen LogP contribution in [-0.2, 0) is 9.53 Å². The predicted molar refractivity (Wildman–Crippen MR) is 80.1 cm³/mol. The number of carbonyl (C=O) groups excluding carboxylic acids is 1. The van der Waals surface area contributed by atoms with Crippen molar-refractivity contribution in [3.63, 3.8) is 0 Å². The molecule has 1 fully saturated rings. The number of thiocarbonyl (C=S) groups is 1. The first-order valence-electron chi connectivity index (χ1n) is 6.91. The molecule has 1 saturated carbocycles. The van der Waals surface area contributed by atoms with Gasteiger partial charge in [0.05, 0.1) is 11.5 Å². The van der Waals surface area contributed by atoms with Gasteiger partial charge in [-0.1, -0.05) is 25.1 Å². The second-order valence-electron chi connectivity index (χ2n) is 5.01. The molecule has 0 unspecified atom stereocenters. The average Bonchev–Trinajstić information content (AvgIpc) is 2.87. The SMILES string of the molecule is COCCCNC(=O)CN(CC(N)=S)C1CCCC1. The summed E-state index contributed by atoms with van der Waals surface area (Å²) in [6.07, 6.45) is 5.57. The third kappa shape index (κ3) is 6.84. The Morgan fingerprint density at radius 1 is 1.42 bits per heavy atom. The molecule has 1 aliphatic rings. The lowest BCUT2D eigenvalue weighted by atomic mass is 10.2. The van der Waals surface area contributed by atoms with Gasteiger partial charge in [0.1, 0.15) is 0 Å². The van der Waals surface area contributed by atoms with Crippen LogP contribution in [-0.4, -0.2) is 55.2 Å². The minimum Gasteiger partial charge on any atom is -0.392 e. The molecule has 0 aliphatic heterocycles. The zero-order valence-corrected chi connectivity index (χ0v) is 12.5. The third-order valence-electron chi connectivity index (χ3n) is 3.39. The van der Waals surface area contributed by atoms with E-state index in [4.69, 9.17) is 22.7 Å². The summed E-state index contributed by atoms with van der Waals surface area (Å²) in [5.41, 5.74) is 5.62. The first kappa shape index (κ1) is 16.3. The normalized spacial score (nSPS) is 15.9. The number of amides is 1. The van der Waals surface area contributed by atoms with Crippen LogP contribution in [0.4, 0.5) is 0 Å². The van der Waals surface area contributed by atoms with Crippen LogP contribution in [0.5, 0.6) is 0 Å². The lowest BCUT2D eigenvalue weighted by molar-refractivity contribution is -0.122. The first-order chi connectivity index (χ1) is 9.13. The second-order valence-corrected chi connectivity index (χ2v) is 5.53. The number of rotatable bonds is 9. The van der Waals surface area contributed by atoms with Gasteiger partial charge < -0.3 is 15.8 Å². The molecule has 0 aromatic rings. The van der Waals surface area contributed by atoms with E-state index in [0.29, 0.717) is 37.3 Å². The van der Waals surface area contributed by atoms with Gasteiger partial charge in [0.25, 0.3) is 0 Å². The number of nitrogens with two attached hydrogens (primary N) is 1. The van der Waals surface area contributed by atoms with Crippen molar-refractivity contribution in [1.82, 2.24) is 10.2 Å². The molecule has 0 aromatic heterocycles. The maximum absolute atomic E-state index is 11.9. The fourth-order valence-corrected chi connectivity index (χ4v) is 2.63. The molecule has 1 rings (SSSR count). The summed E-state index contributed by atoms with van der Waals surface area (Å²) in [7, 11) is 1.66. The number of nitrogens with one attached hydrogen (secondary N) is 1. The maximum atomic E-state index is 11.9. The Bertz CT molecular complexity index is 294. The molecule has 0 heterocycles. The van der Waals surface area contributed by atoms with E-state index in [2.05, 4.69) is 10.2 Å². The van der Waals surface area contributed by atoms with E-state index >= 15 is 0 Å². The van der Waals surface area contributed by atoms with E-state index in [-0.39, 0.29) is 5.91 Å². The topological polar surface area (TPSA) is 67.6 Å². The van der Waals surface area contributed by atoms with E-state index < -0.39 is 0 Å². The highest BCUT2D eigenvalue weighted by atomic mass is 32.1. The van der Waals surface area contributed by atoms with Gasteiger partial charge in [-0.15, -0.1) is 0 Å². The Kier molecular flexibility index (Phi) is 7.93. The van der Waals surface area contributed by atoms with Gasteiger partial charge in [0, 0.05) is 32.8 Å². The van der Waals surface area contributed by atoms with Crippen LogP contribution < -0.4 is 11.1 Å². The van der Waals surface area contributed by atoms with Crippen LogP contribution in [0.2, 0.25) is 0 Å². The van der Waals surface area contributed by atoms with Crippen LogP contribution in [0.15, 0.2) is 0 Å². The summed E-state index contributed by atoms with van der Waals surface area (Å²) in [6, 6.07) is 0.450. The van der Waals surface area contributed by atoms with Crippen molar-refractivity contribution >= 4 is 23.1 Å². The van der Waals surface area contributed by atoms with Crippen LogP contribution in [0.25, 0.3) is 0 Å². The van der Waals surface area contributed by atoms with Gasteiger partial charge in [-0.25, -0.2) is 0 Å². The molecule has 1 amide bonds. The van der Waals surface area contributed by atoms with Gasteiger partial charge in [0.2, 0.25) is 5.91 Å². The molecule has 0 saturated heterocycles. The number of nitrogens with zero attached hydrogens (tertiary/aromatic N) is 1. The highest BCUT2D eigenvalue weighted by Gasteiger charge is 2.24. The summed E-state index contributed by atoms with van der Waals surface area (Å²) in [5, 5.41) is 2.90. The van der Waals surface area contributed by atoms with Crippen molar-refractivity contribution in [2.75, 3.05) is 33.4 Å². The minimum absolute atomic E-state index is 0.0410. The first-order valence-corrected chi connectivity index (χ1v) is 7.32. The van der Waals surface area contributed by atoms with Gasteiger partial charge in [-0.2, -0.15) is 0 Å². The minimum atomic E-state index is 0.0410. The van der Waals surface area contributed by atoms with Crippen molar-refractivity contribution in [3.8, 4) is 0 Å². The van der Waals surface area contributed by atoms with Gasteiger partial charge >= 0.3 is 0 Å². The molecule has 19 heavy (non-hydrogen) atoms. The fourth-order valence-electron chi connectivity index (χ4n) is 2.47. The van der Waals surface area contributed by atoms with E-state index in [1.54, 1.807) is 7.11 Å². The standard InChI is InChI=1S/C13H25N3O2S/c1-18-8-4-7-15-13(17)10-16(9-12(14)19)11-5-2-3-6-11/h11H,2-10H2,1H3,(H2,14,19)(H,15,17). The molecule has 0 radical (unpaired) electrons. The molecule has 0 bridgehead atoms. The van der Waals surface area contributed by atoms with E-state index in [1.165, 1.54) is 12.8 Å². The molecule has 1 aliphatic carbocycles. The summed E-state index contributed by atoms with van der Waals surface area (Å²) in [6.45, 7) is 2.23. The van der Waals surface area contributed by atoms with Gasteiger partial charge in [-0.3, -0.25) is 9.69 Å². The Hall–Kier alpha value is -0.720. The van der Waals surface area contributed by atoms with Crippen LogP contribution in [0, 0.1) is 0 Å². The number of hydrogen-bond acceptors (Lipinski definition) is 4. The van der Waals surface area contributed by atoms with E-state index in [9.17, 15) is 4.79 Å². The lowest BCUT2D eigenvalue weighted by Gasteiger charge is -2.27. The molecule has 3 N–H and O–H groups in total. The number of carbonyl (C=O) groups is 1. The van der Waals surface area contributed by atoms with Gasteiger partial charge in [-0.05, 0) is 19.3 Å². The quantitative estimate of drug-likeness (QED) is 0.482. The molecule has 0 spiro atoms. The summed E-state index contributed by atoms with van der Waals surface area (Å²) in [5.74, 6) is 0.0410. The zero-order chi connectivity index (χ0) is 14.1.